The monoisotopic (exact) mass is 650 g/mol. The number of rotatable bonds is 6. The molecule has 0 bridgehead atoms. The molecule has 0 spiro atoms. The van der Waals surface area contributed by atoms with E-state index in [4.69, 9.17) is 0 Å². The summed E-state index contributed by atoms with van der Waals surface area (Å²) in [5.74, 6) is 1.38. The number of benzene rings is 3. The Labute approximate surface area is 219 Å². The molecule has 0 aliphatic heterocycles. The van der Waals surface area contributed by atoms with E-state index in [2.05, 4.69) is 101 Å². The van der Waals surface area contributed by atoms with Crippen LogP contribution in [0.25, 0.3) is 22.3 Å². The van der Waals surface area contributed by atoms with Crippen molar-refractivity contribution in [1.82, 2.24) is 0 Å². The molecular formula is C29H29FI2. The van der Waals surface area contributed by atoms with Crippen LogP contribution in [-0.2, 0) is 6.42 Å². The highest BCUT2D eigenvalue weighted by atomic mass is 127. The van der Waals surface area contributed by atoms with Gasteiger partial charge in [-0.15, -0.1) is 0 Å². The minimum Gasteiger partial charge on any atom is -0.206 e. The molecule has 0 heterocycles. The van der Waals surface area contributed by atoms with E-state index in [1.807, 2.05) is 24.3 Å². The van der Waals surface area contributed by atoms with Crippen molar-refractivity contribution < 1.29 is 4.39 Å². The van der Waals surface area contributed by atoms with Gasteiger partial charge in [0.15, 0.2) is 0 Å². The zero-order chi connectivity index (χ0) is 22.5. The fourth-order valence-corrected chi connectivity index (χ4v) is 5.18. The third-order valence-electron chi connectivity index (χ3n) is 6.60. The predicted molar refractivity (Wildman–Crippen MR) is 152 cm³/mol. The van der Waals surface area contributed by atoms with Crippen molar-refractivity contribution in [2.24, 2.45) is 5.92 Å². The quantitative estimate of drug-likeness (QED) is 0.142. The average Bonchev–Trinajstić information content (AvgIpc) is 2.80. The van der Waals surface area contributed by atoms with Crippen LogP contribution in [0, 0.1) is 11.7 Å². The third kappa shape index (κ3) is 6.22. The van der Waals surface area contributed by atoms with Crippen LogP contribution >= 0.6 is 45.2 Å². The van der Waals surface area contributed by atoms with E-state index in [9.17, 15) is 0 Å². The molecule has 32 heavy (non-hydrogen) atoms. The standard InChI is InChI=1S/C29H29FI2/c1-20-5-9-22(10-6-20)23-13-15-24(16-14-23)26-17-18-27(28(30)19-26)25-11-7-21(8-12-25)3-2-4-29(31)32/h2,4,7-8,11-20,22,29H,3,5-6,9-10H2,1H3. The van der Waals surface area contributed by atoms with Crippen molar-refractivity contribution >= 4 is 45.2 Å². The van der Waals surface area contributed by atoms with Crippen LogP contribution < -0.4 is 0 Å². The highest BCUT2D eigenvalue weighted by Gasteiger charge is 2.19. The first-order valence-corrected chi connectivity index (χ1v) is 13.9. The number of hydrogen-bond donors (Lipinski definition) is 0. The second-order valence-corrected chi connectivity index (χ2v) is 14.0. The fourth-order valence-electron chi connectivity index (χ4n) is 4.60. The van der Waals surface area contributed by atoms with Gasteiger partial charge in [0, 0.05) is 5.56 Å². The molecule has 166 valence electrons. The van der Waals surface area contributed by atoms with Crippen LogP contribution in [0.2, 0.25) is 0 Å². The lowest BCUT2D eigenvalue weighted by Gasteiger charge is -2.26. The Morgan fingerprint density at radius 3 is 2.09 bits per heavy atom. The molecule has 1 saturated carbocycles. The van der Waals surface area contributed by atoms with Crippen LogP contribution in [0.3, 0.4) is 0 Å². The molecule has 0 unspecified atom stereocenters. The molecule has 1 aliphatic carbocycles. The van der Waals surface area contributed by atoms with E-state index in [1.54, 1.807) is 6.07 Å². The van der Waals surface area contributed by atoms with Gasteiger partial charge >= 0.3 is 0 Å². The maximum atomic E-state index is 15.0. The van der Waals surface area contributed by atoms with Gasteiger partial charge in [-0.2, -0.15) is 0 Å². The van der Waals surface area contributed by atoms with Crippen molar-refractivity contribution in [3.63, 3.8) is 0 Å². The van der Waals surface area contributed by atoms with E-state index in [0.717, 1.165) is 29.0 Å². The summed E-state index contributed by atoms with van der Waals surface area (Å²) in [7, 11) is 0. The summed E-state index contributed by atoms with van der Waals surface area (Å²) in [6, 6.07) is 22.6. The van der Waals surface area contributed by atoms with Crippen molar-refractivity contribution in [2.75, 3.05) is 0 Å². The van der Waals surface area contributed by atoms with Crippen LogP contribution in [0.1, 0.15) is 49.7 Å². The van der Waals surface area contributed by atoms with Crippen molar-refractivity contribution in [2.45, 2.75) is 46.9 Å². The second-order valence-electron chi connectivity index (χ2n) is 8.94. The molecule has 0 radical (unpaired) electrons. The smallest absolute Gasteiger partial charge is 0.131 e. The molecule has 0 atom stereocenters. The van der Waals surface area contributed by atoms with E-state index >= 15 is 4.39 Å². The molecule has 0 aromatic heterocycles. The number of alkyl halides is 2. The molecule has 1 fully saturated rings. The summed E-state index contributed by atoms with van der Waals surface area (Å²) in [6.07, 6.45) is 10.5. The molecule has 0 amide bonds. The molecular weight excluding hydrogens is 621 g/mol. The summed E-state index contributed by atoms with van der Waals surface area (Å²) < 4.78 is 15.5. The van der Waals surface area contributed by atoms with Crippen molar-refractivity contribution in [3.8, 4) is 22.3 Å². The Balaban J connectivity index is 1.46. The Hall–Kier alpha value is -1.21. The average molecular weight is 650 g/mol. The number of allylic oxidation sites excluding steroid dienone is 2. The van der Waals surface area contributed by atoms with Gasteiger partial charge in [-0.25, -0.2) is 4.39 Å². The van der Waals surface area contributed by atoms with Crippen LogP contribution in [0.15, 0.2) is 78.9 Å². The lowest BCUT2D eigenvalue weighted by atomic mass is 9.79. The maximum absolute atomic E-state index is 15.0. The van der Waals surface area contributed by atoms with Gasteiger partial charge in [-0.3, -0.25) is 0 Å². The molecule has 0 saturated heterocycles. The highest BCUT2D eigenvalue weighted by molar-refractivity contribution is 14.2. The maximum Gasteiger partial charge on any atom is 0.131 e. The van der Waals surface area contributed by atoms with Gasteiger partial charge in [-0.1, -0.05) is 138 Å². The lowest BCUT2D eigenvalue weighted by molar-refractivity contribution is 0.348. The molecule has 3 aromatic rings. The van der Waals surface area contributed by atoms with Crippen molar-refractivity contribution in [1.29, 1.82) is 0 Å². The summed E-state index contributed by atoms with van der Waals surface area (Å²) in [6.45, 7) is 2.36. The topological polar surface area (TPSA) is 0 Å². The van der Waals surface area contributed by atoms with E-state index in [-0.39, 0.29) is 5.82 Å². The van der Waals surface area contributed by atoms with Gasteiger partial charge in [0.2, 0.25) is 0 Å². The number of hydrogen-bond acceptors (Lipinski definition) is 0. The molecule has 0 nitrogen and oxygen atoms in total. The SMILES string of the molecule is CC1CCC(c2ccc(-c3ccc(-c4ccc(CC=CC(I)I)cc4)c(F)c3)cc2)CC1. The van der Waals surface area contributed by atoms with Gasteiger partial charge < -0.3 is 0 Å². The minimum atomic E-state index is -0.168. The predicted octanol–water partition coefficient (Wildman–Crippen LogP) is 9.75. The minimum absolute atomic E-state index is 0.168. The zero-order valence-electron chi connectivity index (χ0n) is 18.4. The van der Waals surface area contributed by atoms with Crippen LogP contribution in [-0.4, -0.2) is 1.93 Å². The van der Waals surface area contributed by atoms with Gasteiger partial charge in [0.05, 0.1) is 1.93 Å². The fraction of sp³-hybridized carbons (Fsp3) is 0.310. The van der Waals surface area contributed by atoms with Gasteiger partial charge in [-0.05, 0) is 65.0 Å². The first-order chi connectivity index (χ1) is 15.5. The third-order valence-corrected chi connectivity index (χ3v) is 7.43. The lowest BCUT2D eigenvalue weighted by Crippen LogP contribution is -2.10. The number of halogens is 3. The summed E-state index contributed by atoms with van der Waals surface area (Å²) in [5, 5.41) is 0. The Morgan fingerprint density at radius 2 is 1.47 bits per heavy atom. The first kappa shape index (κ1) is 23.9. The Bertz CT molecular complexity index is 1040. The molecule has 0 N–H and O–H groups in total. The first-order valence-electron chi connectivity index (χ1n) is 11.4. The Kier molecular flexibility index (Phi) is 8.43. The molecule has 3 aromatic carbocycles. The molecule has 1 aliphatic rings. The van der Waals surface area contributed by atoms with Crippen LogP contribution in [0.5, 0.6) is 0 Å². The summed E-state index contributed by atoms with van der Waals surface area (Å²) >= 11 is 4.76. The van der Waals surface area contributed by atoms with Crippen molar-refractivity contribution in [3.05, 3.63) is 95.8 Å². The normalized spacial score (nSPS) is 19.0. The largest absolute Gasteiger partial charge is 0.206 e. The van der Waals surface area contributed by atoms with Crippen LogP contribution in [0.4, 0.5) is 4.39 Å². The van der Waals surface area contributed by atoms with Gasteiger partial charge in [0.25, 0.3) is 0 Å². The van der Waals surface area contributed by atoms with E-state index < -0.39 is 0 Å². The van der Waals surface area contributed by atoms with Gasteiger partial charge in [0.1, 0.15) is 5.82 Å². The van der Waals surface area contributed by atoms with E-state index in [0.29, 0.717) is 13.4 Å². The molecule has 3 heteroatoms. The Morgan fingerprint density at radius 1 is 0.844 bits per heavy atom. The summed E-state index contributed by atoms with van der Waals surface area (Å²) in [4.78, 5) is 0. The highest BCUT2D eigenvalue weighted by Crippen LogP contribution is 2.36. The zero-order valence-corrected chi connectivity index (χ0v) is 22.7. The molecule has 4 rings (SSSR count). The second kappa shape index (κ2) is 11.3. The van der Waals surface area contributed by atoms with E-state index in [1.165, 1.54) is 36.8 Å². The summed E-state index contributed by atoms with van der Waals surface area (Å²) in [5.41, 5.74) is 6.26.